The van der Waals surface area contributed by atoms with Crippen molar-refractivity contribution >= 4 is 23.2 Å². The molecule has 1 aromatic carbocycles. The fourth-order valence-electron chi connectivity index (χ4n) is 3.21. The Morgan fingerprint density at radius 1 is 1.15 bits per heavy atom. The zero-order valence-corrected chi connectivity index (χ0v) is 14.0. The Bertz CT molecular complexity index is 405. The molecule has 0 saturated heterocycles. The van der Waals surface area contributed by atoms with Gasteiger partial charge in [-0.05, 0) is 42.5 Å². The predicted molar refractivity (Wildman–Crippen MR) is 88.8 cm³/mol. The number of hydrogen-bond acceptors (Lipinski definition) is 1. The maximum Gasteiger partial charge on any atom is 0.0452 e. The Morgan fingerprint density at radius 2 is 1.75 bits per heavy atom. The summed E-state index contributed by atoms with van der Waals surface area (Å²) in [5.41, 5.74) is 1.12. The lowest BCUT2D eigenvalue weighted by Gasteiger charge is -2.26. The number of hydrogen-bond donors (Lipinski definition) is 1. The summed E-state index contributed by atoms with van der Waals surface area (Å²) in [4.78, 5) is 0. The molecule has 1 N–H and O–H groups in total. The van der Waals surface area contributed by atoms with Crippen LogP contribution in [0.2, 0.25) is 10.0 Å². The smallest absolute Gasteiger partial charge is 0.0452 e. The van der Waals surface area contributed by atoms with Gasteiger partial charge in [-0.1, -0.05) is 68.8 Å². The molecule has 0 amide bonds. The van der Waals surface area contributed by atoms with E-state index in [2.05, 4.69) is 19.2 Å². The SMILES string of the molecule is CC(C)NCC(Cc1c(Cl)cccc1Cl)C1CCCC1. The van der Waals surface area contributed by atoms with Gasteiger partial charge in [-0.3, -0.25) is 0 Å². The maximum atomic E-state index is 6.34. The van der Waals surface area contributed by atoms with Crippen molar-refractivity contribution in [2.75, 3.05) is 6.54 Å². The second kappa shape index (κ2) is 7.68. The summed E-state index contributed by atoms with van der Waals surface area (Å²) in [5, 5.41) is 5.22. The van der Waals surface area contributed by atoms with Crippen LogP contribution in [0.3, 0.4) is 0 Å². The highest BCUT2D eigenvalue weighted by Crippen LogP contribution is 2.35. The zero-order valence-electron chi connectivity index (χ0n) is 12.5. The van der Waals surface area contributed by atoms with Gasteiger partial charge in [-0.25, -0.2) is 0 Å². The van der Waals surface area contributed by atoms with Crippen molar-refractivity contribution in [1.29, 1.82) is 0 Å². The summed E-state index contributed by atoms with van der Waals surface area (Å²) >= 11 is 12.7. The van der Waals surface area contributed by atoms with Crippen molar-refractivity contribution in [3.63, 3.8) is 0 Å². The summed E-state index contributed by atoms with van der Waals surface area (Å²) in [6, 6.07) is 6.35. The van der Waals surface area contributed by atoms with Crippen LogP contribution in [0.1, 0.15) is 45.1 Å². The van der Waals surface area contributed by atoms with Gasteiger partial charge in [0.15, 0.2) is 0 Å². The molecule has 1 nitrogen and oxygen atoms in total. The molecule has 0 radical (unpaired) electrons. The summed E-state index contributed by atoms with van der Waals surface area (Å²) in [6.07, 6.45) is 6.44. The van der Waals surface area contributed by atoms with E-state index in [1.807, 2.05) is 18.2 Å². The Labute approximate surface area is 133 Å². The predicted octanol–water partition coefficient (Wildman–Crippen LogP) is 5.34. The van der Waals surface area contributed by atoms with Crippen molar-refractivity contribution in [2.24, 2.45) is 11.8 Å². The molecule has 0 heterocycles. The first-order valence-electron chi connectivity index (χ1n) is 7.74. The standard InChI is InChI=1S/C17H25Cl2N/c1-12(2)20-11-14(13-6-3-4-7-13)10-15-16(18)8-5-9-17(15)19/h5,8-9,12-14,20H,3-4,6-7,10-11H2,1-2H3. The van der Waals surface area contributed by atoms with Gasteiger partial charge in [0.25, 0.3) is 0 Å². The highest BCUT2D eigenvalue weighted by atomic mass is 35.5. The average molecular weight is 314 g/mol. The topological polar surface area (TPSA) is 12.0 Å². The van der Waals surface area contributed by atoms with Gasteiger partial charge in [0.2, 0.25) is 0 Å². The van der Waals surface area contributed by atoms with E-state index in [1.165, 1.54) is 25.7 Å². The van der Waals surface area contributed by atoms with Gasteiger partial charge in [0.05, 0.1) is 0 Å². The lowest BCUT2D eigenvalue weighted by molar-refractivity contribution is 0.313. The van der Waals surface area contributed by atoms with Crippen molar-refractivity contribution in [1.82, 2.24) is 5.32 Å². The van der Waals surface area contributed by atoms with E-state index in [0.717, 1.165) is 34.5 Å². The van der Waals surface area contributed by atoms with Crippen LogP contribution in [-0.2, 0) is 6.42 Å². The maximum absolute atomic E-state index is 6.34. The van der Waals surface area contributed by atoms with Crippen LogP contribution in [0, 0.1) is 11.8 Å². The van der Waals surface area contributed by atoms with E-state index >= 15 is 0 Å². The molecule has 1 aliphatic carbocycles. The Balaban J connectivity index is 2.09. The van der Waals surface area contributed by atoms with Crippen LogP contribution in [0.5, 0.6) is 0 Å². The highest BCUT2D eigenvalue weighted by Gasteiger charge is 2.26. The van der Waals surface area contributed by atoms with Gasteiger partial charge in [-0.15, -0.1) is 0 Å². The largest absolute Gasteiger partial charge is 0.314 e. The van der Waals surface area contributed by atoms with E-state index in [0.29, 0.717) is 12.0 Å². The summed E-state index contributed by atoms with van der Waals surface area (Å²) in [6.45, 7) is 5.46. The molecule has 1 saturated carbocycles. The fraction of sp³-hybridized carbons (Fsp3) is 0.647. The van der Waals surface area contributed by atoms with Crippen LogP contribution >= 0.6 is 23.2 Å². The molecule has 112 valence electrons. The van der Waals surface area contributed by atoms with Crippen molar-refractivity contribution in [2.45, 2.75) is 52.0 Å². The minimum Gasteiger partial charge on any atom is -0.314 e. The lowest BCUT2D eigenvalue weighted by Crippen LogP contribution is -2.33. The lowest BCUT2D eigenvalue weighted by atomic mass is 9.85. The molecule has 2 rings (SSSR count). The van der Waals surface area contributed by atoms with Crippen molar-refractivity contribution in [3.05, 3.63) is 33.8 Å². The third-order valence-electron chi connectivity index (χ3n) is 4.38. The molecular formula is C17H25Cl2N. The molecule has 1 aromatic rings. The molecular weight excluding hydrogens is 289 g/mol. The summed E-state index contributed by atoms with van der Waals surface area (Å²) in [5.74, 6) is 1.45. The van der Waals surface area contributed by atoms with Crippen LogP contribution in [0.25, 0.3) is 0 Å². The van der Waals surface area contributed by atoms with Gasteiger partial charge in [0.1, 0.15) is 0 Å². The second-order valence-corrected chi connectivity index (χ2v) is 7.09. The summed E-state index contributed by atoms with van der Waals surface area (Å²) in [7, 11) is 0. The van der Waals surface area contributed by atoms with Crippen LogP contribution in [-0.4, -0.2) is 12.6 Å². The Hall–Kier alpha value is -0.240. The number of nitrogens with one attached hydrogen (secondary N) is 1. The molecule has 3 heteroatoms. The highest BCUT2D eigenvalue weighted by molar-refractivity contribution is 6.35. The molecule has 20 heavy (non-hydrogen) atoms. The third kappa shape index (κ3) is 4.38. The minimum absolute atomic E-state index is 0.528. The van der Waals surface area contributed by atoms with Gasteiger partial charge >= 0.3 is 0 Å². The monoisotopic (exact) mass is 313 g/mol. The number of rotatable bonds is 6. The average Bonchev–Trinajstić information content (AvgIpc) is 2.91. The van der Waals surface area contributed by atoms with Crippen LogP contribution in [0.15, 0.2) is 18.2 Å². The van der Waals surface area contributed by atoms with Crippen molar-refractivity contribution < 1.29 is 0 Å². The zero-order chi connectivity index (χ0) is 14.5. The first-order chi connectivity index (χ1) is 9.58. The first-order valence-corrected chi connectivity index (χ1v) is 8.49. The van der Waals surface area contributed by atoms with E-state index in [9.17, 15) is 0 Å². The van der Waals surface area contributed by atoms with Gasteiger partial charge < -0.3 is 5.32 Å². The number of benzene rings is 1. The number of halogens is 2. The van der Waals surface area contributed by atoms with E-state index in [1.54, 1.807) is 0 Å². The van der Waals surface area contributed by atoms with E-state index in [-0.39, 0.29) is 0 Å². The van der Waals surface area contributed by atoms with E-state index < -0.39 is 0 Å². The molecule has 0 aliphatic heterocycles. The normalized spacial score (nSPS) is 17.9. The minimum atomic E-state index is 0.528. The molecule has 0 bridgehead atoms. The van der Waals surface area contributed by atoms with Crippen LogP contribution in [0.4, 0.5) is 0 Å². The Kier molecular flexibility index (Phi) is 6.20. The molecule has 0 spiro atoms. The van der Waals surface area contributed by atoms with Crippen molar-refractivity contribution in [3.8, 4) is 0 Å². The van der Waals surface area contributed by atoms with Gasteiger partial charge in [-0.2, -0.15) is 0 Å². The third-order valence-corrected chi connectivity index (χ3v) is 5.09. The second-order valence-electron chi connectivity index (χ2n) is 6.27. The van der Waals surface area contributed by atoms with Crippen LogP contribution < -0.4 is 5.32 Å². The van der Waals surface area contributed by atoms with Gasteiger partial charge in [0, 0.05) is 16.1 Å². The molecule has 1 aliphatic rings. The quantitative estimate of drug-likeness (QED) is 0.747. The van der Waals surface area contributed by atoms with E-state index in [4.69, 9.17) is 23.2 Å². The molecule has 1 unspecified atom stereocenters. The molecule has 1 fully saturated rings. The first kappa shape index (κ1) is 16.1. The Morgan fingerprint density at radius 3 is 2.30 bits per heavy atom. The fourth-order valence-corrected chi connectivity index (χ4v) is 3.76. The molecule has 1 atom stereocenters. The molecule has 0 aromatic heterocycles. The summed E-state index contributed by atoms with van der Waals surface area (Å²) < 4.78 is 0.